The first kappa shape index (κ1) is 11.4. The zero-order chi connectivity index (χ0) is 11.5. The van der Waals surface area contributed by atoms with Crippen molar-refractivity contribution >= 4 is 5.69 Å². The van der Waals surface area contributed by atoms with Gasteiger partial charge in [-0.15, -0.1) is 0 Å². The highest BCUT2D eigenvalue weighted by Gasteiger charge is 2.23. The third-order valence-electron chi connectivity index (χ3n) is 3.30. The van der Waals surface area contributed by atoms with Crippen molar-refractivity contribution in [2.24, 2.45) is 5.92 Å². The summed E-state index contributed by atoms with van der Waals surface area (Å²) < 4.78 is 12.8. The second-order valence-electron chi connectivity index (χ2n) is 4.79. The van der Waals surface area contributed by atoms with Crippen LogP contribution in [0.1, 0.15) is 13.3 Å². The summed E-state index contributed by atoms with van der Waals surface area (Å²) in [4.78, 5) is 2.35. The molecule has 1 aliphatic heterocycles. The first-order chi connectivity index (χ1) is 7.65. The summed E-state index contributed by atoms with van der Waals surface area (Å²) in [7, 11) is 2.16. The summed E-state index contributed by atoms with van der Waals surface area (Å²) >= 11 is 0. The molecule has 1 aromatic carbocycles. The number of anilines is 1. The van der Waals surface area contributed by atoms with E-state index in [1.165, 1.54) is 12.1 Å². The molecule has 3 heteroatoms. The third kappa shape index (κ3) is 2.73. The quantitative estimate of drug-likeness (QED) is 0.827. The Morgan fingerprint density at radius 3 is 2.62 bits per heavy atom. The minimum atomic E-state index is -0.179. The minimum absolute atomic E-state index is 0.179. The van der Waals surface area contributed by atoms with E-state index in [4.69, 9.17) is 0 Å². The molecule has 1 fully saturated rings. The standard InChI is InChI=1S/C13H19FN2/c1-10-9-16(2)8-7-13(10)15-12-5-3-11(14)4-6-12/h3-6,10,13,15H,7-9H2,1-2H3/t10-,13+/m1/s1. The van der Waals surface area contributed by atoms with Crippen molar-refractivity contribution in [2.75, 3.05) is 25.5 Å². The molecule has 1 saturated heterocycles. The van der Waals surface area contributed by atoms with Crippen LogP contribution in [0.5, 0.6) is 0 Å². The van der Waals surface area contributed by atoms with Crippen molar-refractivity contribution < 1.29 is 4.39 Å². The summed E-state index contributed by atoms with van der Waals surface area (Å²) in [6.07, 6.45) is 1.15. The molecule has 1 N–H and O–H groups in total. The molecule has 16 heavy (non-hydrogen) atoms. The maximum absolute atomic E-state index is 12.8. The number of likely N-dealkylation sites (tertiary alicyclic amines) is 1. The van der Waals surface area contributed by atoms with E-state index in [0.29, 0.717) is 12.0 Å². The van der Waals surface area contributed by atoms with Crippen molar-refractivity contribution in [3.05, 3.63) is 30.1 Å². The molecular weight excluding hydrogens is 203 g/mol. The molecule has 1 aromatic rings. The lowest BCUT2D eigenvalue weighted by Gasteiger charge is -2.35. The Morgan fingerprint density at radius 1 is 1.31 bits per heavy atom. The molecule has 0 saturated carbocycles. The third-order valence-corrected chi connectivity index (χ3v) is 3.30. The van der Waals surface area contributed by atoms with E-state index < -0.39 is 0 Å². The maximum Gasteiger partial charge on any atom is 0.123 e. The predicted octanol–water partition coefficient (Wildman–Crippen LogP) is 2.58. The monoisotopic (exact) mass is 222 g/mol. The lowest BCUT2D eigenvalue weighted by atomic mass is 9.94. The molecule has 2 atom stereocenters. The van der Waals surface area contributed by atoms with E-state index in [1.807, 2.05) is 0 Å². The lowest BCUT2D eigenvalue weighted by Crippen LogP contribution is -2.43. The van der Waals surface area contributed by atoms with Crippen LogP contribution in [0.15, 0.2) is 24.3 Å². The van der Waals surface area contributed by atoms with Crippen LogP contribution >= 0.6 is 0 Å². The Labute approximate surface area is 96.5 Å². The van der Waals surface area contributed by atoms with Crippen LogP contribution < -0.4 is 5.32 Å². The predicted molar refractivity (Wildman–Crippen MR) is 65.1 cm³/mol. The van der Waals surface area contributed by atoms with E-state index in [1.54, 1.807) is 12.1 Å². The van der Waals surface area contributed by atoms with Crippen molar-refractivity contribution in [1.82, 2.24) is 4.90 Å². The molecule has 1 heterocycles. The number of nitrogens with one attached hydrogen (secondary N) is 1. The van der Waals surface area contributed by atoms with Gasteiger partial charge in [0, 0.05) is 18.3 Å². The van der Waals surface area contributed by atoms with Gasteiger partial charge in [-0.05, 0) is 50.2 Å². The Bertz CT molecular complexity index is 336. The second-order valence-corrected chi connectivity index (χ2v) is 4.79. The van der Waals surface area contributed by atoms with Gasteiger partial charge in [-0.25, -0.2) is 4.39 Å². The van der Waals surface area contributed by atoms with Gasteiger partial charge in [-0.2, -0.15) is 0 Å². The maximum atomic E-state index is 12.8. The van der Waals surface area contributed by atoms with Gasteiger partial charge in [-0.3, -0.25) is 0 Å². The number of hydrogen-bond acceptors (Lipinski definition) is 2. The lowest BCUT2D eigenvalue weighted by molar-refractivity contribution is 0.206. The summed E-state index contributed by atoms with van der Waals surface area (Å²) in [6, 6.07) is 7.12. The number of rotatable bonds is 2. The van der Waals surface area contributed by atoms with Crippen LogP contribution in [0.25, 0.3) is 0 Å². The highest BCUT2D eigenvalue weighted by atomic mass is 19.1. The van der Waals surface area contributed by atoms with E-state index >= 15 is 0 Å². The zero-order valence-corrected chi connectivity index (χ0v) is 9.91. The van der Waals surface area contributed by atoms with Crippen molar-refractivity contribution in [2.45, 2.75) is 19.4 Å². The number of halogens is 1. The topological polar surface area (TPSA) is 15.3 Å². The number of hydrogen-bond donors (Lipinski definition) is 1. The number of benzene rings is 1. The Balaban J connectivity index is 1.96. The molecule has 0 bridgehead atoms. The fourth-order valence-corrected chi connectivity index (χ4v) is 2.33. The van der Waals surface area contributed by atoms with Gasteiger partial charge in [0.1, 0.15) is 5.82 Å². The molecule has 0 aliphatic carbocycles. The molecule has 0 spiro atoms. The van der Waals surface area contributed by atoms with Gasteiger partial charge >= 0.3 is 0 Å². The summed E-state index contributed by atoms with van der Waals surface area (Å²) in [6.45, 7) is 4.51. The van der Waals surface area contributed by atoms with Crippen molar-refractivity contribution in [1.29, 1.82) is 0 Å². The molecule has 1 aliphatic rings. The number of piperidine rings is 1. The fourth-order valence-electron chi connectivity index (χ4n) is 2.33. The molecule has 0 aromatic heterocycles. The summed E-state index contributed by atoms with van der Waals surface area (Å²) in [5.41, 5.74) is 1.02. The van der Waals surface area contributed by atoms with Crippen LogP contribution in [0.2, 0.25) is 0 Å². The van der Waals surface area contributed by atoms with Gasteiger partial charge in [0.2, 0.25) is 0 Å². The average Bonchev–Trinajstić information content (AvgIpc) is 2.25. The molecular formula is C13H19FN2. The molecule has 2 rings (SSSR count). The zero-order valence-electron chi connectivity index (χ0n) is 9.91. The highest BCUT2D eigenvalue weighted by molar-refractivity contribution is 5.44. The van der Waals surface area contributed by atoms with Gasteiger partial charge < -0.3 is 10.2 Å². The van der Waals surface area contributed by atoms with Crippen LogP contribution in [-0.4, -0.2) is 31.1 Å². The van der Waals surface area contributed by atoms with Crippen molar-refractivity contribution in [3.63, 3.8) is 0 Å². The van der Waals surface area contributed by atoms with Crippen LogP contribution in [0.3, 0.4) is 0 Å². The SMILES string of the molecule is C[C@@H]1CN(C)CC[C@@H]1Nc1ccc(F)cc1. The largest absolute Gasteiger partial charge is 0.382 e. The van der Waals surface area contributed by atoms with E-state index in [9.17, 15) is 4.39 Å². The second kappa shape index (κ2) is 4.83. The molecule has 0 amide bonds. The van der Waals surface area contributed by atoms with E-state index in [2.05, 4.69) is 24.2 Å². The minimum Gasteiger partial charge on any atom is -0.382 e. The Kier molecular flexibility index (Phi) is 3.44. The van der Waals surface area contributed by atoms with Gasteiger partial charge in [-0.1, -0.05) is 6.92 Å². The molecule has 0 radical (unpaired) electrons. The summed E-state index contributed by atoms with van der Waals surface area (Å²) in [5, 5.41) is 3.49. The van der Waals surface area contributed by atoms with Gasteiger partial charge in [0.25, 0.3) is 0 Å². The van der Waals surface area contributed by atoms with Crippen LogP contribution in [0.4, 0.5) is 10.1 Å². The first-order valence-electron chi connectivity index (χ1n) is 5.86. The summed E-state index contributed by atoms with van der Waals surface area (Å²) in [5.74, 6) is 0.450. The fraction of sp³-hybridized carbons (Fsp3) is 0.538. The smallest absolute Gasteiger partial charge is 0.123 e. The average molecular weight is 222 g/mol. The van der Waals surface area contributed by atoms with E-state index in [-0.39, 0.29) is 5.82 Å². The Hall–Kier alpha value is -1.09. The Morgan fingerprint density at radius 2 is 2.00 bits per heavy atom. The normalized spacial score (nSPS) is 26.7. The number of nitrogens with zero attached hydrogens (tertiary/aromatic N) is 1. The first-order valence-corrected chi connectivity index (χ1v) is 5.86. The van der Waals surface area contributed by atoms with Gasteiger partial charge in [0.15, 0.2) is 0 Å². The van der Waals surface area contributed by atoms with Crippen LogP contribution in [0, 0.1) is 11.7 Å². The van der Waals surface area contributed by atoms with Gasteiger partial charge in [0.05, 0.1) is 0 Å². The molecule has 88 valence electrons. The molecule has 2 nitrogen and oxygen atoms in total. The van der Waals surface area contributed by atoms with Crippen molar-refractivity contribution in [3.8, 4) is 0 Å². The molecule has 0 unspecified atom stereocenters. The highest BCUT2D eigenvalue weighted by Crippen LogP contribution is 2.20. The van der Waals surface area contributed by atoms with Crippen LogP contribution in [-0.2, 0) is 0 Å². The van der Waals surface area contributed by atoms with E-state index in [0.717, 1.165) is 25.2 Å².